The summed E-state index contributed by atoms with van der Waals surface area (Å²) in [5.74, 6) is -19.0. The summed E-state index contributed by atoms with van der Waals surface area (Å²) < 4.78 is 1.34. The van der Waals surface area contributed by atoms with E-state index in [1.165, 1.54) is 17.8 Å². The van der Waals surface area contributed by atoms with Crippen LogP contribution < -0.4 is 87.2 Å². The number of benzene rings is 2. The summed E-state index contributed by atoms with van der Waals surface area (Å²) in [4.78, 5) is 201. The van der Waals surface area contributed by atoms with Gasteiger partial charge in [0.15, 0.2) is 11.9 Å². The van der Waals surface area contributed by atoms with Gasteiger partial charge in [-0.1, -0.05) is 74.0 Å². The van der Waals surface area contributed by atoms with Gasteiger partial charge in [-0.05, 0) is 93.7 Å². The molecule has 0 saturated carbocycles. The topological polar surface area (TPSA) is 714 Å². The second kappa shape index (κ2) is 46.0. The van der Waals surface area contributed by atoms with Crippen LogP contribution in [0.1, 0.15) is 127 Å². The molecule has 0 radical (unpaired) electrons. The van der Waals surface area contributed by atoms with E-state index in [1.54, 1.807) is 67.7 Å². The molecule has 0 aliphatic carbocycles. The molecule has 42 nitrogen and oxygen atoms in total. The Balaban J connectivity index is 1.46. The first-order valence-electron chi connectivity index (χ1n) is 35.3. The number of carboxylic acid groups (broad SMARTS) is 5. The minimum Gasteiger partial charge on any atom is -0.481 e. The molecule has 110 heavy (non-hydrogen) atoms. The molecule has 0 aliphatic rings. The Kier molecular flexibility index (Phi) is 37.6. The van der Waals surface area contributed by atoms with Crippen LogP contribution in [0.25, 0.3) is 10.9 Å². The van der Waals surface area contributed by atoms with E-state index in [0.29, 0.717) is 16.5 Å². The fourth-order valence-electron chi connectivity index (χ4n) is 11.2. The van der Waals surface area contributed by atoms with Crippen LogP contribution in [0.3, 0.4) is 0 Å². The first-order valence-corrected chi connectivity index (χ1v) is 35.3. The number of nitrogens with one attached hydrogen (secondary N) is 14. The van der Waals surface area contributed by atoms with E-state index >= 15 is 0 Å². The van der Waals surface area contributed by atoms with E-state index in [4.69, 9.17) is 39.5 Å². The molecule has 29 N–H and O–H groups in total. The van der Waals surface area contributed by atoms with Crippen molar-refractivity contribution < 1.29 is 97.5 Å². The third kappa shape index (κ3) is 32.4. The number of amides is 10. The number of carbonyl (C=O) groups is 15. The Hall–Kier alpha value is -12.4. The van der Waals surface area contributed by atoms with Crippen molar-refractivity contribution in [3.8, 4) is 0 Å². The number of carbonyl (C=O) groups excluding carboxylic acids is 10. The number of aromatic amines is 1. The van der Waals surface area contributed by atoms with Crippen LogP contribution in [0, 0.1) is 16.7 Å². The third-order valence-corrected chi connectivity index (χ3v) is 17.4. The predicted octanol–water partition coefficient (Wildman–Crippen LogP) is -4.81. The normalized spacial score (nSPS) is 14.3. The molecule has 4 aromatic rings. The summed E-state index contributed by atoms with van der Waals surface area (Å²) in [5, 5.41) is 99.4. The van der Waals surface area contributed by atoms with Gasteiger partial charge in [0.05, 0.1) is 24.2 Å². The number of aryl methyl sites for hydroxylation is 1. The predicted molar refractivity (Wildman–Crippen MR) is 391 cm³/mol. The fourth-order valence-corrected chi connectivity index (χ4v) is 11.2. The maximum Gasteiger partial charge on any atom is 0.326 e. The summed E-state index contributed by atoms with van der Waals surface area (Å²) >= 11 is 0. The first kappa shape index (κ1) is 90.0. The molecule has 2 aromatic heterocycles. The van der Waals surface area contributed by atoms with Crippen molar-refractivity contribution in [2.45, 2.75) is 202 Å². The SMILES string of the molecule is CCC(C)[C@@H](NC(=O)C(CCC(=O)O)NC(=O)[C@@H](CCC(=O)O)NC(=O)C(N)Cc1cn(CCCCC(NC(=O)[C@@H](Cc2c[nH]c3ccccc23)NC(=O)C(CCC(=O)O)NC(=O)C(CCCNC(=N)N)NC(=O)[C@H](N)Cc2ccccc2)C(=O)O)nn1)C(=O)NC(CCCNC(=N)N)C(=O)N[C@H](CC(=O)O)C(N)=O. The number of para-hydroxylation sites is 1. The lowest BCUT2D eigenvalue weighted by Gasteiger charge is -2.29. The molecule has 10 amide bonds. The minimum absolute atomic E-state index is 0.0122. The Morgan fingerprint density at radius 3 is 1.39 bits per heavy atom. The van der Waals surface area contributed by atoms with Crippen LogP contribution in [0.4, 0.5) is 0 Å². The number of hydrogen-bond donors (Lipinski definition) is 24. The van der Waals surface area contributed by atoms with Gasteiger partial charge in [0.25, 0.3) is 0 Å². The van der Waals surface area contributed by atoms with Crippen LogP contribution in [-0.2, 0) is 97.7 Å². The smallest absolute Gasteiger partial charge is 0.326 e. The number of rotatable bonds is 52. The summed E-state index contributed by atoms with van der Waals surface area (Å²) in [6.07, 6.45) is -2.01. The van der Waals surface area contributed by atoms with E-state index in [2.05, 4.69) is 73.8 Å². The van der Waals surface area contributed by atoms with Crippen LogP contribution in [-0.4, -0.2) is 226 Å². The Labute approximate surface area is 630 Å². The molecule has 7 unspecified atom stereocenters. The van der Waals surface area contributed by atoms with E-state index in [1.807, 2.05) is 0 Å². The number of nitrogens with two attached hydrogens (primary N) is 5. The molecular weight excluding hydrogens is 1440 g/mol. The molecular formula is C68H100N22O20. The van der Waals surface area contributed by atoms with E-state index in [0.717, 1.165) is 5.56 Å². The van der Waals surface area contributed by atoms with Gasteiger partial charge in [-0.15, -0.1) is 5.10 Å². The summed E-state index contributed by atoms with van der Waals surface area (Å²) in [7, 11) is 0. The van der Waals surface area contributed by atoms with Gasteiger partial charge in [-0.2, -0.15) is 0 Å². The molecule has 2 aromatic carbocycles. The van der Waals surface area contributed by atoms with Crippen LogP contribution in [0.5, 0.6) is 0 Å². The highest BCUT2D eigenvalue weighted by atomic mass is 16.4. The van der Waals surface area contributed by atoms with Gasteiger partial charge >= 0.3 is 29.8 Å². The molecule has 4 rings (SSSR count). The lowest BCUT2D eigenvalue weighted by Crippen LogP contribution is -2.60. The number of nitrogens with zero attached hydrogens (tertiary/aromatic N) is 3. The number of aromatic nitrogens is 4. The van der Waals surface area contributed by atoms with Crippen molar-refractivity contribution in [2.75, 3.05) is 13.1 Å². The molecule has 0 saturated heterocycles. The van der Waals surface area contributed by atoms with Gasteiger partial charge in [-0.25, -0.2) is 4.79 Å². The lowest BCUT2D eigenvalue weighted by atomic mass is 9.96. The second-order valence-electron chi connectivity index (χ2n) is 26.1. The highest BCUT2D eigenvalue weighted by molar-refractivity contribution is 5.99. The number of aliphatic carboxylic acids is 5. The zero-order chi connectivity index (χ0) is 81.7. The molecule has 0 spiro atoms. The number of hydrogen-bond acceptors (Lipinski definition) is 21. The zero-order valence-electron chi connectivity index (χ0n) is 60.7. The van der Waals surface area contributed by atoms with Crippen molar-refractivity contribution in [1.29, 1.82) is 10.8 Å². The van der Waals surface area contributed by atoms with Gasteiger partial charge < -0.3 is 118 Å². The lowest BCUT2D eigenvalue weighted by molar-refractivity contribution is -0.142. The quantitative estimate of drug-likeness (QED) is 0.0112. The standard InChI is InChI=1S/C68H100N22O20/c1-3-35(2)55(65(108)83-44(19-12-27-77-68(74)75)60(103)85-49(56(71)99)32-54(97)98)87-63(106)47(22-25-53(95)96)82-61(104)45(20-23-51(91)92)80-58(101)41(70)31-38-34-90(89-88-38)28-10-9-17-48(66(109)110)84-64(107)50(30-37-33-78-42-16-8-7-15-39(37)42)86-62(105)46(21-24-52(93)94)81-59(102)43(18-11-26-76-67(72)73)79-57(100)40(69)29-36-13-5-4-6-14-36/h4-8,13-16,33-35,40-41,43-50,55,78H,3,9-12,17-32,69-70H2,1-2H3,(H2,71,99)(H,79,100)(H,80,101)(H,81,102)(H,82,104)(H,83,108)(H,84,107)(H,85,103)(H,86,105)(H,87,106)(H,91,92)(H,93,94)(H,95,96)(H,97,98)(H,109,110)(H4,72,73,76)(H4,74,75,77)/t35?,40-,41?,43?,44?,45-,46?,47?,48?,49-,50-,55-/m1/s1. The number of unbranched alkanes of at least 4 members (excludes halogenated alkanes) is 1. The van der Waals surface area contributed by atoms with Crippen molar-refractivity contribution in [3.63, 3.8) is 0 Å². The van der Waals surface area contributed by atoms with Crippen molar-refractivity contribution in [3.05, 3.63) is 83.8 Å². The van der Waals surface area contributed by atoms with Crippen molar-refractivity contribution in [2.24, 2.45) is 34.6 Å². The number of H-pyrrole nitrogens is 1. The number of guanidine groups is 2. The Bertz CT molecular complexity index is 3870. The maximum atomic E-state index is 14.4. The van der Waals surface area contributed by atoms with Gasteiger partial charge in [-0.3, -0.25) is 82.6 Å². The van der Waals surface area contributed by atoms with E-state index in [9.17, 15) is 97.5 Å². The second-order valence-corrected chi connectivity index (χ2v) is 26.1. The minimum atomic E-state index is -1.78. The van der Waals surface area contributed by atoms with Crippen molar-refractivity contribution >= 4 is 112 Å². The molecule has 0 fully saturated rings. The zero-order valence-corrected chi connectivity index (χ0v) is 60.7. The Morgan fingerprint density at radius 2 is 0.909 bits per heavy atom. The highest BCUT2D eigenvalue weighted by Gasteiger charge is 2.37. The number of primary amides is 1. The molecule has 0 aliphatic heterocycles. The van der Waals surface area contributed by atoms with Crippen molar-refractivity contribution in [1.82, 2.24) is 78.5 Å². The monoisotopic (exact) mass is 1540 g/mol. The summed E-state index contributed by atoms with van der Waals surface area (Å²) in [6, 6.07) is -1.28. The fraction of sp³-hybridized carbons (Fsp3) is 0.515. The average molecular weight is 1550 g/mol. The molecule has 2 heterocycles. The maximum absolute atomic E-state index is 14.4. The van der Waals surface area contributed by atoms with Crippen LogP contribution in [0.2, 0.25) is 0 Å². The molecule has 42 heteroatoms. The summed E-state index contributed by atoms with van der Waals surface area (Å²) in [5.41, 5.74) is 30.6. The van der Waals surface area contributed by atoms with Gasteiger partial charge in [0, 0.05) is 75.0 Å². The molecule has 602 valence electrons. The largest absolute Gasteiger partial charge is 0.481 e. The van der Waals surface area contributed by atoms with Gasteiger partial charge in [0.2, 0.25) is 59.1 Å². The summed E-state index contributed by atoms with van der Waals surface area (Å²) in [6.45, 7) is 3.36. The van der Waals surface area contributed by atoms with Gasteiger partial charge in [0.1, 0.15) is 54.4 Å². The van der Waals surface area contributed by atoms with E-state index < -0.39 is 212 Å². The first-order chi connectivity index (χ1) is 52.0. The average Bonchev–Trinajstić information content (AvgIpc) is 1.60. The number of carboxylic acids is 5. The number of fused-ring (bicyclic) bond motifs is 1. The van der Waals surface area contributed by atoms with Crippen LogP contribution >= 0.6 is 0 Å². The Morgan fingerprint density at radius 1 is 0.482 bits per heavy atom. The van der Waals surface area contributed by atoms with Crippen LogP contribution in [0.15, 0.2) is 67.0 Å². The molecule has 0 bridgehead atoms. The third-order valence-electron chi connectivity index (χ3n) is 17.4. The van der Waals surface area contributed by atoms with E-state index in [-0.39, 0.29) is 102 Å². The molecule has 12 atom stereocenters. The highest BCUT2D eigenvalue weighted by Crippen LogP contribution is 2.21.